The molecule has 30 heavy (non-hydrogen) atoms. The molecule has 3 aromatic heterocycles. The molecule has 3 heterocycles. The van der Waals surface area contributed by atoms with E-state index in [1.165, 1.54) is 5.56 Å². The summed E-state index contributed by atoms with van der Waals surface area (Å²) in [7, 11) is 0. The van der Waals surface area contributed by atoms with Crippen molar-refractivity contribution >= 4 is 16.7 Å². The highest BCUT2D eigenvalue weighted by Crippen LogP contribution is 2.28. The Morgan fingerprint density at radius 3 is 2.40 bits per heavy atom. The largest absolute Gasteiger partial charge is 0.363 e. The van der Waals surface area contributed by atoms with Crippen LogP contribution in [0.4, 0.5) is 5.82 Å². The molecule has 1 unspecified atom stereocenters. The van der Waals surface area contributed by atoms with Crippen LogP contribution in [0.5, 0.6) is 0 Å². The van der Waals surface area contributed by atoms with Gasteiger partial charge < -0.3 is 5.32 Å². The summed E-state index contributed by atoms with van der Waals surface area (Å²) in [5.74, 6) is 1.50. The Labute approximate surface area is 174 Å². The van der Waals surface area contributed by atoms with Gasteiger partial charge in [0.1, 0.15) is 5.82 Å². The van der Waals surface area contributed by atoms with Gasteiger partial charge in [-0.15, -0.1) is 0 Å². The van der Waals surface area contributed by atoms with Gasteiger partial charge in [-0.2, -0.15) is 5.10 Å². The van der Waals surface area contributed by atoms with E-state index in [0.717, 1.165) is 28.0 Å². The lowest BCUT2D eigenvalue weighted by Crippen LogP contribution is -2.09. The summed E-state index contributed by atoms with van der Waals surface area (Å²) in [5, 5.41) is 8.85. The first kappa shape index (κ1) is 18.0. The lowest BCUT2D eigenvalue weighted by molar-refractivity contribution is 0.860. The monoisotopic (exact) mass is 392 g/mol. The number of anilines is 1. The first-order valence-corrected chi connectivity index (χ1v) is 9.81. The fourth-order valence-corrected chi connectivity index (χ4v) is 3.44. The van der Waals surface area contributed by atoms with Gasteiger partial charge in [-0.3, -0.25) is 4.98 Å². The van der Waals surface area contributed by atoms with E-state index in [9.17, 15) is 0 Å². The van der Waals surface area contributed by atoms with Crippen LogP contribution in [0.1, 0.15) is 18.5 Å². The molecule has 6 nitrogen and oxygen atoms in total. The molecule has 0 bridgehead atoms. The maximum atomic E-state index is 4.83. The molecule has 0 aliphatic carbocycles. The van der Waals surface area contributed by atoms with E-state index in [0.29, 0.717) is 5.82 Å². The normalized spacial score (nSPS) is 12.0. The Balaban J connectivity index is 1.48. The minimum absolute atomic E-state index is 0.0697. The van der Waals surface area contributed by atoms with Crippen LogP contribution < -0.4 is 5.32 Å². The predicted octanol–water partition coefficient (Wildman–Crippen LogP) is 5.05. The molecule has 0 saturated heterocycles. The van der Waals surface area contributed by atoms with Crippen molar-refractivity contribution in [3.05, 3.63) is 97.1 Å². The number of para-hydroxylation sites is 1. The van der Waals surface area contributed by atoms with Gasteiger partial charge in [-0.1, -0.05) is 24.3 Å². The average molecular weight is 392 g/mol. The number of fused-ring (bicyclic) bond motifs is 1. The van der Waals surface area contributed by atoms with Gasteiger partial charge in [-0.25, -0.2) is 14.6 Å². The van der Waals surface area contributed by atoms with Crippen molar-refractivity contribution in [2.24, 2.45) is 0 Å². The molecule has 1 N–H and O–H groups in total. The zero-order valence-corrected chi connectivity index (χ0v) is 16.5. The quantitative estimate of drug-likeness (QED) is 0.453. The molecule has 1 atom stereocenters. The van der Waals surface area contributed by atoms with Crippen LogP contribution in [0.3, 0.4) is 0 Å². The fourth-order valence-electron chi connectivity index (χ4n) is 3.44. The standard InChI is InChI=1S/C24H20N6/c1-17(18-7-9-20(10-8-18)30-16-4-13-26-30)27-24-21-5-2-3-6-22(21)28-23(29-24)19-11-14-25-15-12-19/h2-17H,1H3,(H,27,28,29). The molecule has 2 aromatic carbocycles. The number of hydrogen-bond donors (Lipinski definition) is 1. The third-order valence-electron chi connectivity index (χ3n) is 5.06. The number of rotatable bonds is 5. The van der Waals surface area contributed by atoms with E-state index in [-0.39, 0.29) is 6.04 Å². The van der Waals surface area contributed by atoms with E-state index in [2.05, 4.69) is 46.6 Å². The third-order valence-corrected chi connectivity index (χ3v) is 5.06. The van der Waals surface area contributed by atoms with Gasteiger partial charge in [0.2, 0.25) is 0 Å². The lowest BCUT2D eigenvalue weighted by atomic mass is 10.1. The minimum Gasteiger partial charge on any atom is -0.363 e. The molecule has 0 aliphatic heterocycles. The maximum absolute atomic E-state index is 4.83. The van der Waals surface area contributed by atoms with Crippen molar-refractivity contribution in [1.82, 2.24) is 24.7 Å². The fraction of sp³-hybridized carbons (Fsp3) is 0.0833. The summed E-state index contributed by atoms with van der Waals surface area (Å²) in [5.41, 5.74) is 4.04. The average Bonchev–Trinajstić information content (AvgIpc) is 3.35. The van der Waals surface area contributed by atoms with Crippen LogP contribution in [0, 0.1) is 0 Å². The van der Waals surface area contributed by atoms with Crippen molar-refractivity contribution in [3.63, 3.8) is 0 Å². The Kier molecular flexibility index (Phi) is 4.65. The second-order valence-electron chi connectivity index (χ2n) is 7.06. The SMILES string of the molecule is CC(Nc1nc(-c2ccncc2)nc2ccccc12)c1ccc(-n2cccn2)cc1. The second kappa shape index (κ2) is 7.75. The van der Waals surface area contributed by atoms with Crippen molar-refractivity contribution in [1.29, 1.82) is 0 Å². The predicted molar refractivity (Wildman–Crippen MR) is 118 cm³/mol. The van der Waals surface area contributed by atoms with Crippen LogP contribution in [0.15, 0.2) is 91.5 Å². The van der Waals surface area contributed by atoms with Gasteiger partial charge in [0.15, 0.2) is 5.82 Å². The van der Waals surface area contributed by atoms with E-state index in [1.807, 2.05) is 53.3 Å². The Hall–Kier alpha value is -4.06. The van der Waals surface area contributed by atoms with Gasteiger partial charge in [0.25, 0.3) is 0 Å². The molecular weight excluding hydrogens is 372 g/mol. The molecule has 0 radical (unpaired) electrons. The summed E-state index contributed by atoms with van der Waals surface area (Å²) < 4.78 is 1.85. The summed E-state index contributed by atoms with van der Waals surface area (Å²) in [6, 6.07) is 22.2. The van der Waals surface area contributed by atoms with Crippen LogP contribution in [0.25, 0.3) is 28.0 Å². The molecule has 6 heteroatoms. The topological polar surface area (TPSA) is 68.5 Å². The molecule has 0 amide bonds. The van der Waals surface area contributed by atoms with Crippen molar-refractivity contribution < 1.29 is 0 Å². The van der Waals surface area contributed by atoms with Crippen LogP contribution >= 0.6 is 0 Å². The molecule has 5 rings (SSSR count). The van der Waals surface area contributed by atoms with Crippen molar-refractivity contribution in [2.45, 2.75) is 13.0 Å². The summed E-state index contributed by atoms with van der Waals surface area (Å²) in [6.07, 6.45) is 7.22. The minimum atomic E-state index is 0.0697. The molecular formula is C24H20N6. The number of pyridine rings is 1. The highest BCUT2D eigenvalue weighted by Gasteiger charge is 2.13. The van der Waals surface area contributed by atoms with Crippen LogP contribution in [-0.4, -0.2) is 24.7 Å². The molecule has 0 aliphatic rings. The van der Waals surface area contributed by atoms with Crippen LogP contribution in [0.2, 0.25) is 0 Å². The van der Waals surface area contributed by atoms with Gasteiger partial charge in [0, 0.05) is 41.8 Å². The number of nitrogens with zero attached hydrogens (tertiary/aromatic N) is 5. The maximum Gasteiger partial charge on any atom is 0.162 e. The van der Waals surface area contributed by atoms with Crippen molar-refractivity contribution in [2.75, 3.05) is 5.32 Å². The Bertz CT molecular complexity index is 1260. The summed E-state index contributed by atoms with van der Waals surface area (Å²) in [6.45, 7) is 2.13. The van der Waals surface area contributed by atoms with Gasteiger partial charge >= 0.3 is 0 Å². The number of hydrogen-bond acceptors (Lipinski definition) is 5. The van der Waals surface area contributed by atoms with Gasteiger partial charge in [0.05, 0.1) is 11.2 Å². The highest BCUT2D eigenvalue weighted by molar-refractivity contribution is 5.90. The number of nitrogens with one attached hydrogen (secondary N) is 1. The summed E-state index contributed by atoms with van der Waals surface area (Å²) >= 11 is 0. The lowest BCUT2D eigenvalue weighted by Gasteiger charge is -2.17. The third kappa shape index (κ3) is 3.51. The number of benzene rings is 2. The summed E-state index contributed by atoms with van der Waals surface area (Å²) in [4.78, 5) is 13.7. The van der Waals surface area contributed by atoms with E-state index >= 15 is 0 Å². The first-order valence-electron chi connectivity index (χ1n) is 9.81. The highest BCUT2D eigenvalue weighted by atomic mass is 15.3. The zero-order valence-electron chi connectivity index (χ0n) is 16.5. The molecule has 146 valence electrons. The van der Waals surface area contributed by atoms with Gasteiger partial charge in [-0.05, 0) is 55.0 Å². The van der Waals surface area contributed by atoms with E-state index in [4.69, 9.17) is 9.97 Å². The zero-order chi connectivity index (χ0) is 20.3. The second-order valence-corrected chi connectivity index (χ2v) is 7.06. The Morgan fingerprint density at radius 1 is 0.833 bits per heavy atom. The first-order chi connectivity index (χ1) is 14.8. The molecule has 0 fully saturated rings. The number of aromatic nitrogens is 5. The smallest absolute Gasteiger partial charge is 0.162 e. The van der Waals surface area contributed by atoms with E-state index < -0.39 is 0 Å². The van der Waals surface area contributed by atoms with Crippen molar-refractivity contribution in [3.8, 4) is 17.1 Å². The molecule has 5 aromatic rings. The molecule has 0 spiro atoms. The molecule has 0 saturated carbocycles. The van der Waals surface area contributed by atoms with Crippen LogP contribution in [-0.2, 0) is 0 Å². The Morgan fingerprint density at radius 2 is 1.63 bits per heavy atom. The van der Waals surface area contributed by atoms with E-state index in [1.54, 1.807) is 18.6 Å².